The third kappa shape index (κ3) is 2.64. The molecule has 2 aromatic carbocycles. The van der Waals surface area contributed by atoms with Crippen molar-refractivity contribution in [1.82, 2.24) is 4.90 Å². The SMILES string of the molecule is CC(C)Oc1cccc(C2Nc3ccccc3C(=O)N2C)c1. The van der Waals surface area contributed by atoms with Gasteiger partial charge >= 0.3 is 0 Å². The molecule has 1 amide bonds. The van der Waals surface area contributed by atoms with Crippen LogP contribution in [0.3, 0.4) is 0 Å². The Morgan fingerprint density at radius 1 is 1.14 bits per heavy atom. The summed E-state index contributed by atoms with van der Waals surface area (Å²) in [4.78, 5) is 14.2. The number of hydrogen-bond donors (Lipinski definition) is 1. The van der Waals surface area contributed by atoms with E-state index in [1.165, 1.54) is 0 Å². The molecule has 1 heterocycles. The van der Waals surface area contributed by atoms with Gasteiger partial charge in [0.05, 0.1) is 11.7 Å². The molecule has 0 saturated heterocycles. The van der Waals surface area contributed by atoms with Crippen LogP contribution in [0.25, 0.3) is 0 Å². The second-order valence-electron chi connectivity index (χ2n) is 5.75. The molecule has 0 fully saturated rings. The average Bonchev–Trinajstić information content (AvgIpc) is 2.50. The summed E-state index contributed by atoms with van der Waals surface area (Å²) in [5.41, 5.74) is 2.57. The summed E-state index contributed by atoms with van der Waals surface area (Å²) >= 11 is 0. The first-order chi connectivity index (χ1) is 10.6. The molecule has 1 atom stereocenters. The van der Waals surface area contributed by atoms with Gasteiger partial charge in [-0.15, -0.1) is 0 Å². The van der Waals surface area contributed by atoms with Gasteiger partial charge in [0.2, 0.25) is 0 Å². The molecular weight excluding hydrogens is 276 g/mol. The van der Waals surface area contributed by atoms with E-state index in [4.69, 9.17) is 4.74 Å². The lowest BCUT2D eigenvalue weighted by Gasteiger charge is -2.35. The lowest BCUT2D eigenvalue weighted by atomic mass is 10.0. The van der Waals surface area contributed by atoms with Crippen molar-refractivity contribution in [3.63, 3.8) is 0 Å². The molecule has 4 heteroatoms. The van der Waals surface area contributed by atoms with E-state index in [0.29, 0.717) is 5.56 Å². The predicted molar refractivity (Wildman–Crippen MR) is 87.1 cm³/mol. The minimum Gasteiger partial charge on any atom is -0.491 e. The minimum atomic E-state index is -0.196. The summed E-state index contributed by atoms with van der Waals surface area (Å²) in [6.07, 6.45) is -0.0761. The van der Waals surface area contributed by atoms with Crippen molar-refractivity contribution < 1.29 is 9.53 Å². The van der Waals surface area contributed by atoms with Crippen LogP contribution < -0.4 is 10.1 Å². The van der Waals surface area contributed by atoms with E-state index in [0.717, 1.165) is 17.0 Å². The molecule has 1 aliphatic rings. The maximum atomic E-state index is 12.5. The molecule has 0 spiro atoms. The molecule has 3 rings (SSSR count). The Bertz CT molecular complexity index is 697. The highest BCUT2D eigenvalue weighted by Crippen LogP contribution is 2.32. The molecule has 22 heavy (non-hydrogen) atoms. The van der Waals surface area contributed by atoms with Crippen molar-refractivity contribution in [2.45, 2.75) is 26.1 Å². The van der Waals surface area contributed by atoms with Crippen LogP contribution in [-0.4, -0.2) is 24.0 Å². The van der Waals surface area contributed by atoms with Gasteiger partial charge < -0.3 is 15.0 Å². The van der Waals surface area contributed by atoms with Gasteiger partial charge in [-0.1, -0.05) is 24.3 Å². The molecule has 0 radical (unpaired) electrons. The Labute approximate surface area is 130 Å². The second-order valence-corrected chi connectivity index (χ2v) is 5.75. The number of rotatable bonds is 3. The van der Waals surface area contributed by atoms with E-state index in [1.54, 1.807) is 4.90 Å². The summed E-state index contributed by atoms with van der Waals surface area (Å²) in [6, 6.07) is 15.5. The molecule has 114 valence electrons. The van der Waals surface area contributed by atoms with Crippen LogP contribution in [0.1, 0.15) is 35.9 Å². The molecule has 0 bridgehead atoms. The van der Waals surface area contributed by atoms with Crippen molar-refractivity contribution in [3.8, 4) is 5.75 Å². The molecule has 2 aromatic rings. The van der Waals surface area contributed by atoms with Crippen LogP contribution >= 0.6 is 0 Å². The number of ether oxygens (including phenoxy) is 1. The number of para-hydroxylation sites is 1. The first kappa shape index (κ1) is 14.4. The van der Waals surface area contributed by atoms with E-state index in [9.17, 15) is 4.79 Å². The predicted octanol–water partition coefficient (Wildman–Crippen LogP) is 3.67. The Morgan fingerprint density at radius 3 is 2.68 bits per heavy atom. The van der Waals surface area contributed by atoms with Gasteiger partial charge in [-0.25, -0.2) is 0 Å². The quantitative estimate of drug-likeness (QED) is 0.939. The van der Waals surface area contributed by atoms with Gasteiger partial charge in [-0.05, 0) is 43.7 Å². The Morgan fingerprint density at radius 2 is 1.91 bits per heavy atom. The molecule has 4 nitrogen and oxygen atoms in total. The maximum absolute atomic E-state index is 12.5. The number of hydrogen-bond acceptors (Lipinski definition) is 3. The van der Waals surface area contributed by atoms with Crippen molar-refractivity contribution in [1.29, 1.82) is 0 Å². The number of fused-ring (bicyclic) bond motifs is 1. The highest BCUT2D eigenvalue weighted by molar-refractivity contribution is 6.01. The summed E-state index contributed by atoms with van der Waals surface area (Å²) in [7, 11) is 1.81. The smallest absolute Gasteiger partial charge is 0.257 e. The monoisotopic (exact) mass is 296 g/mol. The van der Waals surface area contributed by atoms with Gasteiger partial charge in [0.25, 0.3) is 5.91 Å². The van der Waals surface area contributed by atoms with Crippen LogP contribution in [0.4, 0.5) is 5.69 Å². The molecule has 1 aliphatic heterocycles. The third-order valence-corrected chi connectivity index (χ3v) is 3.70. The molecular formula is C18H20N2O2. The second kappa shape index (κ2) is 5.72. The number of nitrogens with one attached hydrogen (secondary N) is 1. The fraction of sp³-hybridized carbons (Fsp3) is 0.278. The summed E-state index contributed by atoms with van der Waals surface area (Å²) in [5.74, 6) is 0.837. The van der Waals surface area contributed by atoms with Crippen LogP contribution in [0, 0.1) is 0 Å². The lowest BCUT2D eigenvalue weighted by Crippen LogP contribution is -2.40. The zero-order chi connectivity index (χ0) is 15.7. The largest absolute Gasteiger partial charge is 0.491 e. The van der Waals surface area contributed by atoms with Crippen molar-refractivity contribution in [2.75, 3.05) is 12.4 Å². The van der Waals surface area contributed by atoms with Crippen LogP contribution in [-0.2, 0) is 0 Å². The number of benzene rings is 2. The Hall–Kier alpha value is -2.49. The standard InChI is InChI=1S/C18H20N2O2/c1-12(2)22-14-8-6-7-13(11-14)17-19-16-10-5-4-9-15(16)18(21)20(17)3/h4-12,17,19H,1-3H3. The molecule has 1 N–H and O–H groups in total. The first-order valence-corrected chi connectivity index (χ1v) is 7.45. The summed E-state index contributed by atoms with van der Waals surface area (Å²) in [5, 5.41) is 3.42. The van der Waals surface area contributed by atoms with E-state index in [1.807, 2.05) is 69.4 Å². The molecule has 1 unspecified atom stereocenters. The fourth-order valence-corrected chi connectivity index (χ4v) is 2.68. The van der Waals surface area contributed by atoms with Crippen LogP contribution in [0.2, 0.25) is 0 Å². The number of nitrogens with zero attached hydrogens (tertiary/aromatic N) is 1. The van der Waals surface area contributed by atoms with Crippen LogP contribution in [0.5, 0.6) is 5.75 Å². The third-order valence-electron chi connectivity index (χ3n) is 3.70. The highest BCUT2D eigenvalue weighted by Gasteiger charge is 2.30. The number of amides is 1. The van der Waals surface area contributed by atoms with E-state index in [-0.39, 0.29) is 18.2 Å². The molecule has 0 aromatic heterocycles. The topological polar surface area (TPSA) is 41.6 Å². The van der Waals surface area contributed by atoms with Crippen molar-refractivity contribution >= 4 is 11.6 Å². The zero-order valence-corrected chi connectivity index (χ0v) is 13.0. The number of anilines is 1. The summed E-state index contributed by atoms with van der Waals surface area (Å²) < 4.78 is 5.75. The Kier molecular flexibility index (Phi) is 3.75. The molecule has 0 aliphatic carbocycles. The minimum absolute atomic E-state index is 0.0227. The maximum Gasteiger partial charge on any atom is 0.257 e. The number of carbonyl (C=O) groups excluding carboxylic acids is 1. The van der Waals surface area contributed by atoms with Gasteiger partial charge in [0.15, 0.2) is 0 Å². The normalized spacial score (nSPS) is 17.2. The van der Waals surface area contributed by atoms with E-state index in [2.05, 4.69) is 5.32 Å². The fourth-order valence-electron chi connectivity index (χ4n) is 2.68. The van der Waals surface area contributed by atoms with Gasteiger partial charge in [0, 0.05) is 12.7 Å². The first-order valence-electron chi connectivity index (χ1n) is 7.45. The van der Waals surface area contributed by atoms with Gasteiger partial charge in [-0.3, -0.25) is 4.79 Å². The average molecular weight is 296 g/mol. The number of carbonyl (C=O) groups is 1. The summed E-state index contributed by atoms with van der Waals surface area (Å²) in [6.45, 7) is 3.99. The molecule has 0 saturated carbocycles. The van der Waals surface area contributed by atoms with Crippen molar-refractivity contribution in [2.24, 2.45) is 0 Å². The van der Waals surface area contributed by atoms with Gasteiger partial charge in [0.1, 0.15) is 11.9 Å². The van der Waals surface area contributed by atoms with E-state index < -0.39 is 0 Å². The Balaban J connectivity index is 1.94. The van der Waals surface area contributed by atoms with Gasteiger partial charge in [-0.2, -0.15) is 0 Å². The highest BCUT2D eigenvalue weighted by atomic mass is 16.5. The van der Waals surface area contributed by atoms with E-state index >= 15 is 0 Å². The lowest BCUT2D eigenvalue weighted by molar-refractivity contribution is 0.0735. The van der Waals surface area contributed by atoms with Crippen LogP contribution in [0.15, 0.2) is 48.5 Å². The zero-order valence-electron chi connectivity index (χ0n) is 13.0. The van der Waals surface area contributed by atoms with Crippen molar-refractivity contribution in [3.05, 3.63) is 59.7 Å².